The largest absolute Gasteiger partial charge is 1.00 e. The van der Waals surface area contributed by atoms with Crippen molar-refractivity contribution in [3.05, 3.63) is 108 Å². The summed E-state index contributed by atoms with van der Waals surface area (Å²) in [6, 6.07) is 17.7. The Morgan fingerprint density at radius 2 is 1.03 bits per heavy atom. The summed E-state index contributed by atoms with van der Waals surface area (Å²) in [6.07, 6.45) is 5.38. The van der Waals surface area contributed by atoms with Gasteiger partial charge in [-0.2, -0.15) is 0 Å². The Morgan fingerprint density at radius 3 is 1.47 bits per heavy atom. The summed E-state index contributed by atoms with van der Waals surface area (Å²) in [7, 11) is 0.228. The number of piperazine rings is 2. The van der Waals surface area contributed by atoms with E-state index in [1.807, 2.05) is 24.3 Å². The van der Waals surface area contributed by atoms with Gasteiger partial charge in [0.25, 0.3) is 35.2 Å². The molecule has 2 aromatic carbocycles. The Bertz CT molecular complexity index is 2920. The molecule has 2 aliphatic rings. The van der Waals surface area contributed by atoms with E-state index in [9.17, 15) is 43.1 Å². The second kappa shape index (κ2) is 24.5. The quantitative estimate of drug-likeness (QED) is 0.0497. The van der Waals surface area contributed by atoms with Gasteiger partial charge in [-0.25, -0.2) is 9.97 Å². The van der Waals surface area contributed by atoms with Crippen LogP contribution >= 0.6 is 7.82 Å². The number of fused-ring (bicyclic) bond motifs is 2. The summed E-state index contributed by atoms with van der Waals surface area (Å²) in [5.41, 5.74) is 1.80. The molecule has 6 heterocycles. The maximum Gasteiger partial charge on any atom is 1.00 e. The Labute approximate surface area is 445 Å². The number of benzene rings is 2. The van der Waals surface area contributed by atoms with Crippen molar-refractivity contribution in [3.63, 3.8) is 0 Å². The number of Topliss-reactive ketones (excluding diaryl/α,β-unsaturated/α-hetero) is 2. The minimum atomic E-state index is -5.35. The zero-order valence-electron chi connectivity index (χ0n) is 39.2. The molecule has 356 valence electrons. The Hall–Kier alpha value is -5.65. The third-order valence-corrected chi connectivity index (χ3v) is 11.7. The number of carbonyl (C=O) groups is 6. The second-order valence-corrected chi connectivity index (χ2v) is 16.3. The molecule has 0 aliphatic carbocycles. The molecule has 25 heteroatoms. The monoisotopic (exact) mass is 998 g/mol. The summed E-state index contributed by atoms with van der Waals surface area (Å²) in [5, 5.41) is 0.589. The van der Waals surface area contributed by atoms with E-state index in [2.05, 4.69) is 19.5 Å². The summed E-state index contributed by atoms with van der Waals surface area (Å²) in [4.78, 5) is 117. The van der Waals surface area contributed by atoms with E-state index in [-0.39, 0.29) is 144 Å². The van der Waals surface area contributed by atoms with E-state index in [0.717, 1.165) is 4.57 Å². The zero-order valence-corrected chi connectivity index (χ0v) is 44.1. The first-order valence-electron chi connectivity index (χ1n) is 20.9. The number of phosphoric ester groups is 1. The van der Waals surface area contributed by atoms with Gasteiger partial charge in [0.1, 0.15) is 29.3 Å². The molecule has 4 amide bonds. The number of ether oxygens (including phenoxy) is 4. The van der Waals surface area contributed by atoms with Crippen LogP contribution in [-0.2, 0) is 25.4 Å². The fraction of sp³-hybridized carbons (Fsp3) is 0.289. The minimum Gasteiger partial charge on any atom is -0.790 e. The van der Waals surface area contributed by atoms with Gasteiger partial charge >= 0.3 is 59.1 Å². The normalized spacial score (nSPS) is 13.6. The van der Waals surface area contributed by atoms with Crippen molar-refractivity contribution in [2.45, 2.75) is 6.73 Å². The first-order valence-corrected chi connectivity index (χ1v) is 22.4. The predicted molar refractivity (Wildman–Crippen MR) is 237 cm³/mol. The van der Waals surface area contributed by atoms with Crippen LogP contribution in [0.1, 0.15) is 41.4 Å². The number of amides is 4. The molecule has 1 N–H and O–H groups in total. The number of nitrogens with one attached hydrogen (secondary N) is 1. The fourth-order valence-corrected chi connectivity index (χ4v) is 8.11. The molecular formula is C45H45N8Na2O14P. The molecule has 22 nitrogen and oxygen atoms in total. The Balaban J connectivity index is 0.000000257. The van der Waals surface area contributed by atoms with Gasteiger partial charge in [-0.3, -0.25) is 28.8 Å². The van der Waals surface area contributed by atoms with Gasteiger partial charge in [0.15, 0.2) is 0 Å². The van der Waals surface area contributed by atoms with Crippen molar-refractivity contribution in [1.29, 1.82) is 0 Å². The van der Waals surface area contributed by atoms with Gasteiger partial charge in [0.2, 0.25) is 11.8 Å². The van der Waals surface area contributed by atoms with E-state index in [0.29, 0.717) is 46.7 Å². The number of phosphoric acid groups is 1. The average molecular weight is 999 g/mol. The standard InChI is InChI=1S/C23H25N4O9P.C22H22N4O5.2Na/c1-34-17-12-24-21(35-2)19-18(17)16(13-27(19)14-36-37(31,32)33)20(28)23(30)26-10-8-25(9-11-26)22(29)15-6-4-3-5-7-15;1-30-16-13-24-20(31-2)18-17(16)15(12-23-18)19(27)22(29)26-10-8-25(9-11-26)21(28)14-6-4-3-5-7-14;;/h3-7,12-13H,8-11,14H2,1-2H3,(H2,31,32,33);3-7,12-13,23H,8-11H2,1-2H3;;/q;;2*+1/p-2. The first kappa shape index (κ1) is 55.3. The fourth-order valence-electron chi connectivity index (χ4n) is 7.84. The SMILES string of the molecule is COc1cnc(OC)c2c1c(C(=O)C(=O)N1CCN(C(=O)c3ccccc3)CC1)cn2COP(=O)([O-])[O-].COc1ncc(OC)c2c(C(=O)C(=O)N3CCN(C(=O)c4ccccc4)CC3)c[nH]c12.[Na+].[Na+]. The topological polar surface area (TPSA) is 271 Å². The number of aromatic nitrogens is 4. The summed E-state index contributed by atoms with van der Waals surface area (Å²) < 4.78 is 37.6. The second-order valence-electron chi connectivity index (χ2n) is 15.1. The van der Waals surface area contributed by atoms with Crippen LogP contribution in [0.15, 0.2) is 85.5 Å². The Morgan fingerprint density at radius 1 is 0.600 bits per heavy atom. The van der Waals surface area contributed by atoms with Crippen molar-refractivity contribution in [3.8, 4) is 23.3 Å². The number of hydrogen-bond donors (Lipinski definition) is 1. The van der Waals surface area contributed by atoms with E-state index in [4.69, 9.17) is 18.9 Å². The van der Waals surface area contributed by atoms with Crippen LogP contribution < -0.4 is 87.8 Å². The third-order valence-electron chi connectivity index (χ3n) is 11.3. The smallest absolute Gasteiger partial charge is 0.790 e. The number of ketones is 2. The Kier molecular flexibility index (Phi) is 19.3. The van der Waals surface area contributed by atoms with Gasteiger partial charge in [-0.05, 0) is 24.3 Å². The maximum absolute atomic E-state index is 13.4. The van der Waals surface area contributed by atoms with E-state index >= 15 is 0 Å². The summed E-state index contributed by atoms with van der Waals surface area (Å²) in [5.74, 6) is -2.45. The molecule has 0 atom stereocenters. The van der Waals surface area contributed by atoms with Gasteiger partial charge in [0.05, 0.1) is 70.6 Å². The first-order chi connectivity index (χ1) is 32.7. The van der Waals surface area contributed by atoms with E-state index in [1.165, 1.54) is 63.0 Å². The molecule has 0 bridgehead atoms. The number of hydrogen-bond acceptors (Lipinski definition) is 16. The van der Waals surface area contributed by atoms with Crippen LogP contribution in [0.5, 0.6) is 23.3 Å². The number of carbonyl (C=O) groups excluding carboxylic acids is 6. The molecule has 0 saturated carbocycles. The van der Waals surface area contributed by atoms with Crippen molar-refractivity contribution >= 4 is 64.8 Å². The molecule has 8 rings (SSSR count). The summed E-state index contributed by atoms with van der Waals surface area (Å²) in [6.45, 7) is 1.29. The van der Waals surface area contributed by atoms with Crippen LogP contribution in [0.3, 0.4) is 0 Å². The number of nitrogens with zero attached hydrogens (tertiary/aromatic N) is 7. The van der Waals surface area contributed by atoms with Gasteiger partial charge in [-0.1, -0.05) is 36.4 Å². The van der Waals surface area contributed by atoms with Gasteiger partial charge < -0.3 is 67.0 Å². The maximum atomic E-state index is 13.4. The van der Waals surface area contributed by atoms with Crippen molar-refractivity contribution in [2.24, 2.45) is 0 Å². The molecule has 2 saturated heterocycles. The van der Waals surface area contributed by atoms with Crippen LogP contribution in [0, 0.1) is 0 Å². The number of H-pyrrole nitrogens is 1. The molecule has 0 spiro atoms. The molecular weight excluding hydrogens is 953 g/mol. The molecule has 2 fully saturated rings. The molecule has 70 heavy (non-hydrogen) atoms. The number of rotatable bonds is 13. The predicted octanol–water partition coefficient (Wildman–Crippen LogP) is -4.22. The molecule has 0 unspecified atom stereocenters. The van der Waals surface area contributed by atoms with Crippen molar-refractivity contribution in [2.75, 3.05) is 80.8 Å². The minimum absolute atomic E-state index is 0. The number of aromatic amines is 1. The van der Waals surface area contributed by atoms with Crippen molar-refractivity contribution in [1.82, 2.24) is 39.1 Å². The van der Waals surface area contributed by atoms with Crippen LogP contribution in [0.2, 0.25) is 0 Å². The van der Waals surface area contributed by atoms with Crippen LogP contribution in [0.25, 0.3) is 21.8 Å². The molecule has 6 aromatic rings. The van der Waals surface area contributed by atoms with Crippen LogP contribution in [-0.4, -0.2) is 155 Å². The number of methoxy groups -OCH3 is 4. The van der Waals surface area contributed by atoms with E-state index < -0.39 is 37.9 Å². The molecule has 0 radical (unpaired) electrons. The van der Waals surface area contributed by atoms with E-state index in [1.54, 1.807) is 46.2 Å². The molecule has 4 aromatic heterocycles. The zero-order chi connectivity index (χ0) is 48.7. The molecule has 2 aliphatic heterocycles. The third kappa shape index (κ3) is 12.1. The van der Waals surface area contributed by atoms with Gasteiger partial charge in [-0.15, -0.1) is 0 Å². The summed E-state index contributed by atoms with van der Waals surface area (Å²) >= 11 is 0. The average Bonchev–Trinajstić information content (AvgIpc) is 4.00. The van der Waals surface area contributed by atoms with Gasteiger partial charge in [0, 0.05) is 75.9 Å². The van der Waals surface area contributed by atoms with Crippen LogP contribution in [0.4, 0.5) is 0 Å². The number of pyridine rings is 2. The van der Waals surface area contributed by atoms with Crippen molar-refractivity contribution < 1.29 is 126 Å².